The number of fused-ring (bicyclic) bond motifs is 1. The second kappa shape index (κ2) is 5.57. The Morgan fingerprint density at radius 3 is 2.68 bits per heavy atom. The first kappa shape index (κ1) is 12.4. The van der Waals surface area contributed by atoms with E-state index in [2.05, 4.69) is 45.8 Å². The van der Waals surface area contributed by atoms with Crippen LogP contribution in [0.3, 0.4) is 0 Å². The van der Waals surface area contributed by atoms with Gasteiger partial charge in [-0.05, 0) is 40.8 Å². The number of halogens is 1. The average molecular weight is 361 g/mol. The Hall–Kier alpha value is -1.62. The molecule has 0 saturated carbocycles. The Morgan fingerprint density at radius 1 is 0.947 bits per heavy atom. The van der Waals surface area contributed by atoms with Crippen molar-refractivity contribution in [2.75, 3.05) is 0 Å². The maximum Gasteiger partial charge on any atom is 0.133 e. The van der Waals surface area contributed by atoms with Gasteiger partial charge in [-0.25, -0.2) is 0 Å². The highest BCUT2D eigenvalue weighted by molar-refractivity contribution is 14.1. The lowest BCUT2D eigenvalue weighted by molar-refractivity contribution is 0.305. The lowest BCUT2D eigenvalue weighted by atomic mass is 10.1. The number of pyridine rings is 1. The first-order valence-electron chi connectivity index (χ1n) is 6.04. The quantitative estimate of drug-likeness (QED) is 0.645. The van der Waals surface area contributed by atoms with E-state index in [-0.39, 0.29) is 0 Å². The molecular weight excluding hydrogens is 349 g/mol. The molecule has 1 heterocycles. The van der Waals surface area contributed by atoms with Crippen LogP contribution < -0.4 is 4.74 Å². The Balaban J connectivity index is 1.88. The molecule has 3 heteroatoms. The van der Waals surface area contributed by atoms with Crippen LogP contribution in [0.1, 0.15) is 5.56 Å². The zero-order valence-corrected chi connectivity index (χ0v) is 12.4. The third kappa shape index (κ3) is 2.71. The standard InChI is InChI=1S/C16H12INO/c17-14-8-1-2-9-15(14)19-11-13-6-3-5-12-7-4-10-18-16(12)13/h1-10H,11H2. The largest absolute Gasteiger partial charge is 0.488 e. The van der Waals surface area contributed by atoms with Gasteiger partial charge < -0.3 is 4.74 Å². The Bertz CT molecular complexity index is 706. The SMILES string of the molecule is Ic1ccccc1OCc1cccc2cccnc12. The van der Waals surface area contributed by atoms with Crippen molar-refractivity contribution in [2.45, 2.75) is 6.61 Å². The molecule has 0 aliphatic rings. The van der Waals surface area contributed by atoms with Gasteiger partial charge in [0.05, 0.1) is 9.09 Å². The maximum absolute atomic E-state index is 5.88. The molecule has 2 aromatic carbocycles. The Kier molecular flexibility index (Phi) is 3.64. The summed E-state index contributed by atoms with van der Waals surface area (Å²) in [7, 11) is 0. The Morgan fingerprint density at radius 2 is 1.79 bits per heavy atom. The molecule has 0 aliphatic heterocycles. The molecule has 3 aromatic rings. The third-order valence-electron chi connectivity index (χ3n) is 2.94. The molecule has 0 bridgehead atoms. The normalized spacial score (nSPS) is 10.6. The van der Waals surface area contributed by atoms with Crippen molar-refractivity contribution in [3.8, 4) is 5.75 Å². The number of aromatic nitrogens is 1. The van der Waals surface area contributed by atoms with Crippen molar-refractivity contribution >= 4 is 33.5 Å². The molecule has 94 valence electrons. The summed E-state index contributed by atoms with van der Waals surface area (Å²) in [6.45, 7) is 0.536. The van der Waals surface area contributed by atoms with E-state index in [0.29, 0.717) is 6.61 Å². The molecule has 2 nitrogen and oxygen atoms in total. The van der Waals surface area contributed by atoms with Crippen LogP contribution in [0.2, 0.25) is 0 Å². The number of benzene rings is 2. The van der Waals surface area contributed by atoms with Crippen molar-refractivity contribution in [3.05, 3.63) is 69.9 Å². The highest BCUT2D eigenvalue weighted by atomic mass is 127. The number of nitrogens with zero attached hydrogens (tertiary/aromatic N) is 1. The highest BCUT2D eigenvalue weighted by Gasteiger charge is 2.04. The molecule has 0 unspecified atom stereocenters. The fraction of sp³-hybridized carbons (Fsp3) is 0.0625. The fourth-order valence-electron chi connectivity index (χ4n) is 2.00. The third-order valence-corrected chi connectivity index (χ3v) is 3.83. The van der Waals surface area contributed by atoms with E-state index in [1.165, 1.54) is 0 Å². The number of hydrogen-bond acceptors (Lipinski definition) is 2. The lowest BCUT2D eigenvalue weighted by Crippen LogP contribution is -1.98. The molecular formula is C16H12INO. The average Bonchev–Trinajstić information content (AvgIpc) is 2.46. The van der Waals surface area contributed by atoms with Crippen molar-refractivity contribution < 1.29 is 4.74 Å². The zero-order chi connectivity index (χ0) is 13.1. The number of hydrogen-bond donors (Lipinski definition) is 0. The van der Waals surface area contributed by atoms with Crippen LogP contribution in [0.25, 0.3) is 10.9 Å². The molecule has 19 heavy (non-hydrogen) atoms. The summed E-state index contributed by atoms with van der Waals surface area (Å²) in [6, 6.07) is 18.2. The molecule has 0 saturated heterocycles. The monoisotopic (exact) mass is 361 g/mol. The van der Waals surface area contributed by atoms with Gasteiger partial charge in [0.2, 0.25) is 0 Å². The smallest absolute Gasteiger partial charge is 0.133 e. The first-order chi connectivity index (χ1) is 9.34. The van der Waals surface area contributed by atoms with Gasteiger partial charge in [0.15, 0.2) is 0 Å². The first-order valence-corrected chi connectivity index (χ1v) is 7.12. The summed E-state index contributed by atoms with van der Waals surface area (Å²) in [5.41, 5.74) is 2.12. The summed E-state index contributed by atoms with van der Waals surface area (Å²) in [6.07, 6.45) is 1.82. The minimum Gasteiger partial charge on any atom is -0.488 e. The molecule has 0 radical (unpaired) electrons. The molecule has 1 aromatic heterocycles. The second-order valence-corrected chi connectivity index (χ2v) is 5.37. The number of para-hydroxylation sites is 2. The van der Waals surface area contributed by atoms with Crippen LogP contribution in [0, 0.1) is 3.57 Å². The summed E-state index contributed by atoms with van der Waals surface area (Å²) in [5.74, 6) is 0.913. The van der Waals surface area contributed by atoms with E-state index in [0.717, 1.165) is 25.8 Å². The predicted molar refractivity (Wildman–Crippen MR) is 85.2 cm³/mol. The van der Waals surface area contributed by atoms with Gasteiger partial charge in [0.1, 0.15) is 12.4 Å². The van der Waals surface area contributed by atoms with Crippen molar-refractivity contribution in [1.29, 1.82) is 0 Å². The van der Waals surface area contributed by atoms with Crippen LogP contribution in [-0.4, -0.2) is 4.98 Å². The van der Waals surface area contributed by atoms with Gasteiger partial charge in [-0.3, -0.25) is 4.98 Å². The number of rotatable bonds is 3. The van der Waals surface area contributed by atoms with Gasteiger partial charge in [0, 0.05) is 17.1 Å². The minimum absolute atomic E-state index is 0.536. The second-order valence-electron chi connectivity index (χ2n) is 4.21. The van der Waals surface area contributed by atoms with Crippen molar-refractivity contribution in [2.24, 2.45) is 0 Å². The van der Waals surface area contributed by atoms with E-state index in [4.69, 9.17) is 4.74 Å². The van der Waals surface area contributed by atoms with Gasteiger partial charge >= 0.3 is 0 Å². The summed E-state index contributed by atoms with van der Waals surface area (Å²) in [5, 5.41) is 1.14. The molecule has 0 N–H and O–H groups in total. The van der Waals surface area contributed by atoms with E-state index in [1.54, 1.807) is 0 Å². The Labute approximate surface area is 125 Å². The molecule has 0 atom stereocenters. The molecule has 0 spiro atoms. The van der Waals surface area contributed by atoms with Crippen molar-refractivity contribution in [1.82, 2.24) is 4.98 Å². The van der Waals surface area contributed by atoms with Gasteiger partial charge in [-0.1, -0.05) is 36.4 Å². The van der Waals surface area contributed by atoms with E-state index >= 15 is 0 Å². The van der Waals surface area contributed by atoms with Crippen LogP contribution >= 0.6 is 22.6 Å². The van der Waals surface area contributed by atoms with E-state index in [9.17, 15) is 0 Å². The van der Waals surface area contributed by atoms with E-state index in [1.807, 2.05) is 42.6 Å². The molecule has 0 fully saturated rings. The van der Waals surface area contributed by atoms with Crippen LogP contribution in [0.5, 0.6) is 5.75 Å². The maximum atomic E-state index is 5.88. The molecule has 0 amide bonds. The van der Waals surface area contributed by atoms with Crippen molar-refractivity contribution in [3.63, 3.8) is 0 Å². The zero-order valence-electron chi connectivity index (χ0n) is 10.2. The summed E-state index contributed by atoms with van der Waals surface area (Å²) in [4.78, 5) is 4.43. The molecule has 3 rings (SSSR count). The number of ether oxygens (including phenoxy) is 1. The summed E-state index contributed by atoms with van der Waals surface area (Å²) < 4.78 is 7.00. The highest BCUT2D eigenvalue weighted by Crippen LogP contribution is 2.22. The van der Waals surface area contributed by atoms with E-state index < -0.39 is 0 Å². The minimum atomic E-state index is 0.536. The lowest BCUT2D eigenvalue weighted by Gasteiger charge is -2.09. The molecule has 0 aliphatic carbocycles. The van der Waals surface area contributed by atoms with Crippen LogP contribution in [0.4, 0.5) is 0 Å². The topological polar surface area (TPSA) is 22.1 Å². The van der Waals surface area contributed by atoms with Gasteiger partial charge in [-0.2, -0.15) is 0 Å². The van der Waals surface area contributed by atoms with Crippen LogP contribution in [-0.2, 0) is 6.61 Å². The predicted octanol–water partition coefficient (Wildman–Crippen LogP) is 4.42. The summed E-state index contributed by atoms with van der Waals surface area (Å²) >= 11 is 2.28. The van der Waals surface area contributed by atoms with Gasteiger partial charge in [0.25, 0.3) is 0 Å². The fourth-order valence-corrected chi connectivity index (χ4v) is 2.54. The van der Waals surface area contributed by atoms with Crippen LogP contribution in [0.15, 0.2) is 60.8 Å². The van der Waals surface area contributed by atoms with Gasteiger partial charge in [-0.15, -0.1) is 0 Å².